The summed E-state index contributed by atoms with van der Waals surface area (Å²) in [6, 6.07) is 17.2. The van der Waals surface area contributed by atoms with Gasteiger partial charge in [0.05, 0.1) is 0 Å². The fourth-order valence-corrected chi connectivity index (χ4v) is 6.22. The zero-order chi connectivity index (χ0) is 17.0. The van der Waals surface area contributed by atoms with E-state index >= 15 is 0 Å². The Balaban J connectivity index is 1.66. The van der Waals surface area contributed by atoms with E-state index in [1.165, 1.54) is 36.0 Å². The fraction of sp³-hybridized carbons (Fsp3) is 0.417. The van der Waals surface area contributed by atoms with Crippen molar-refractivity contribution in [3.63, 3.8) is 0 Å². The Morgan fingerprint density at radius 2 is 1.92 bits per heavy atom. The van der Waals surface area contributed by atoms with Crippen LogP contribution in [-0.4, -0.2) is 5.11 Å². The van der Waals surface area contributed by atoms with E-state index in [0.717, 1.165) is 18.3 Å². The summed E-state index contributed by atoms with van der Waals surface area (Å²) in [6.07, 6.45) is 9.79. The molecule has 0 aromatic heterocycles. The molecule has 0 amide bonds. The largest absolute Gasteiger partial charge is 0.508 e. The molecular weight excluding hydrogens is 304 g/mol. The molecule has 3 aliphatic rings. The van der Waals surface area contributed by atoms with Crippen LogP contribution in [0.25, 0.3) is 0 Å². The molecule has 2 aromatic rings. The molecule has 1 nitrogen and oxygen atoms in total. The minimum atomic E-state index is 0.343. The molecule has 0 unspecified atom stereocenters. The maximum absolute atomic E-state index is 9.95. The van der Waals surface area contributed by atoms with E-state index in [1.807, 2.05) is 12.1 Å². The van der Waals surface area contributed by atoms with Gasteiger partial charge in [0.2, 0.25) is 0 Å². The van der Waals surface area contributed by atoms with Crippen LogP contribution in [0.2, 0.25) is 0 Å². The van der Waals surface area contributed by atoms with Crippen LogP contribution in [0.3, 0.4) is 0 Å². The maximum Gasteiger partial charge on any atom is 0.115 e. The molecule has 0 saturated heterocycles. The monoisotopic (exact) mass is 330 g/mol. The standard InChI is InChI=1S/C24H26O/c1-24-13-5-8-22(24)20-11-9-17-14-18(25)10-12-19(17)23(20)21(15-24)16-6-3-2-4-7-16/h2-7,10,12-14,20-23,25H,8-9,11,15H2,1H3/t20-,21+,22-,23+,24-/m0/s1. The molecule has 0 aliphatic heterocycles. The molecule has 1 N–H and O–H groups in total. The van der Waals surface area contributed by atoms with Crippen molar-refractivity contribution in [1.82, 2.24) is 0 Å². The van der Waals surface area contributed by atoms with Gasteiger partial charge in [-0.2, -0.15) is 0 Å². The highest BCUT2D eigenvalue weighted by Gasteiger charge is 2.52. The Bertz CT molecular complexity index is 821. The molecule has 128 valence electrons. The third-order valence-electron chi connectivity index (χ3n) is 7.27. The normalized spacial score (nSPS) is 35.7. The van der Waals surface area contributed by atoms with Crippen LogP contribution in [-0.2, 0) is 6.42 Å². The SMILES string of the molecule is C[C@@]12C=CC[C@H]1[C@@H]1CCc3cc(O)ccc3[C@H]1[C@@H](c1ccccc1)C2. The summed E-state index contributed by atoms with van der Waals surface area (Å²) < 4.78 is 0. The van der Waals surface area contributed by atoms with Crippen LogP contribution in [0, 0.1) is 17.3 Å². The van der Waals surface area contributed by atoms with Crippen molar-refractivity contribution >= 4 is 0 Å². The number of benzene rings is 2. The first-order valence-electron chi connectivity index (χ1n) is 9.70. The van der Waals surface area contributed by atoms with Gasteiger partial charge in [-0.1, -0.05) is 55.5 Å². The van der Waals surface area contributed by atoms with E-state index in [-0.39, 0.29) is 0 Å². The number of phenolic OH excluding ortho intramolecular Hbond substituents is 1. The van der Waals surface area contributed by atoms with Gasteiger partial charge in [-0.3, -0.25) is 0 Å². The first-order chi connectivity index (χ1) is 12.2. The second-order valence-corrected chi connectivity index (χ2v) is 8.58. The van der Waals surface area contributed by atoms with E-state index in [4.69, 9.17) is 0 Å². The lowest BCUT2D eigenvalue weighted by Crippen LogP contribution is -2.43. The van der Waals surface area contributed by atoms with Gasteiger partial charge in [0, 0.05) is 0 Å². The molecule has 5 atom stereocenters. The van der Waals surface area contributed by atoms with Crippen molar-refractivity contribution in [2.24, 2.45) is 17.3 Å². The van der Waals surface area contributed by atoms with Crippen molar-refractivity contribution in [2.45, 2.75) is 44.4 Å². The highest BCUT2D eigenvalue weighted by molar-refractivity contribution is 5.43. The summed E-state index contributed by atoms with van der Waals surface area (Å²) in [5.41, 5.74) is 4.70. The van der Waals surface area contributed by atoms with E-state index < -0.39 is 0 Å². The number of phenols is 1. The lowest BCUT2D eigenvalue weighted by molar-refractivity contribution is 0.0648. The van der Waals surface area contributed by atoms with Crippen molar-refractivity contribution in [1.29, 1.82) is 0 Å². The average Bonchev–Trinajstić information content (AvgIpc) is 3.03. The molecule has 0 bridgehead atoms. The van der Waals surface area contributed by atoms with Gasteiger partial charge in [0.15, 0.2) is 0 Å². The molecule has 0 spiro atoms. The molecule has 0 radical (unpaired) electrons. The summed E-state index contributed by atoms with van der Waals surface area (Å²) in [4.78, 5) is 0. The molecule has 1 heteroatoms. The van der Waals surface area contributed by atoms with Crippen LogP contribution in [0.5, 0.6) is 5.75 Å². The summed E-state index contributed by atoms with van der Waals surface area (Å²) in [5, 5.41) is 9.95. The summed E-state index contributed by atoms with van der Waals surface area (Å²) in [5.74, 6) is 3.09. The minimum absolute atomic E-state index is 0.343. The van der Waals surface area contributed by atoms with E-state index in [0.29, 0.717) is 23.0 Å². The van der Waals surface area contributed by atoms with Gasteiger partial charge in [-0.25, -0.2) is 0 Å². The summed E-state index contributed by atoms with van der Waals surface area (Å²) in [7, 11) is 0. The molecule has 0 heterocycles. The molecule has 25 heavy (non-hydrogen) atoms. The number of fused-ring (bicyclic) bond motifs is 5. The van der Waals surface area contributed by atoms with Gasteiger partial charge < -0.3 is 5.11 Å². The van der Waals surface area contributed by atoms with Crippen LogP contribution in [0.1, 0.15) is 54.7 Å². The van der Waals surface area contributed by atoms with Crippen molar-refractivity contribution in [2.75, 3.05) is 0 Å². The van der Waals surface area contributed by atoms with Gasteiger partial charge in [0.25, 0.3) is 0 Å². The van der Waals surface area contributed by atoms with E-state index in [1.54, 1.807) is 0 Å². The second kappa shape index (κ2) is 5.49. The quantitative estimate of drug-likeness (QED) is 0.654. The minimum Gasteiger partial charge on any atom is -0.508 e. The maximum atomic E-state index is 9.95. The van der Waals surface area contributed by atoms with Crippen LogP contribution >= 0.6 is 0 Å². The molecule has 2 aromatic carbocycles. The number of hydrogen-bond acceptors (Lipinski definition) is 1. The predicted octanol–water partition coefficient (Wildman–Crippen LogP) is 5.81. The smallest absolute Gasteiger partial charge is 0.115 e. The molecule has 5 rings (SSSR count). The van der Waals surface area contributed by atoms with Crippen molar-refractivity contribution < 1.29 is 5.11 Å². The highest BCUT2D eigenvalue weighted by Crippen LogP contribution is 2.63. The fourth-order valence-electron chi connectivity index (χ4n) is 6.22. The topological polar surface area (TPSA) is 20.2 Å². The number of aryl methyl sites for hydroxylation is 1. The van der Waals surface area contributed by atoms with E-state index in [9.17, 15) is 5.11 Å². The van der Waals surface area contributed by atoms with E-state index in [2.05, 4.69) is 55.5 Å². The average molecular weight is 330 g/mol. The Hall–Kier alpha value is -2.02. The van der Waals surface area contributed by atoms with Crippen molar-refractivity contribution in [3.8, 4) is 5.75 Å². The Morgan fingerprint density at radius 3 is 2.76 bits per heavy atom. The number of aromatic hydroxyl groups is 1. The van der Waals surface area contributed by atoms with Gasteiger partial charge in [0.1, 0.15) is 5.75 Å². The third-order valence-corrected chi connectivity index (χ3v) is 7.27. The second-order valence-electron chi connectivity index (χ2n) is 8.58. The first-order valence-corrected chi connectivity index (χ1v) is 9.70. The van der Waals surface area contributed by atoms with Crippen LogP contribution in [0.4, 0.5) is 0 Å². The van der Waals surface area contributed by atoms with Gasteiger partial charge in [-0.05, 0) is 83.6 Å². The van der Waals surface area contributed by atoms with Crippen LogP contribution in [0.15, 0.2) is 60.7 Å². The van der Waals surface area contributed by atoms with Gasteiger partial charge in [-0.15, -0.1) is 0 Å². The Kier molecular flexibility index (Phi) is 3.35. The molecule has 1 fully saturated rings. The zero-order valence-corrected chi connectivity index (χ0v) is 14.9. The number of rotatable bonds is 1. The highest BCUT2D eigenvalue weighted by atomic mass is 16.3. The summed E-state index contributed by atoms with van der Waals surface area (Å²) >= 11 is 0. The number of allylic oxidation sites excluding steroid dienone is 2. The molecule has 3 aliphatic carbocycles. The lowest BCUT2D eigenvalue weighted by Gasteiger charge is -2.53. The number of hydrogen-bond donors (Lipinski definition) is 1. The van der Waals surface area contributed by atoms with Crippen LogP contribution < -0.4 is 0 Å². The van der Waals surface area contributed by atoms with Crippen molar-refractivity contribution in [3.05, 3.63) is 77.4 Å². The van der Waals surface area contributed by atoms with Gasteiger partial charge >= 0.3 is 0 Å². The first kappa shape index (κ1) is 15.3. The summed E-state index contributed by atoms with van der Waals surface area (Å²) in [6.45, 7) is 2.49. The Labute approximate surface area is 150 Å². The third kappa shape index (κ3) is 2.28. The predicted molar refractivity (Wildman–Crippen MR) is 102 cm³/mol. The lowest BCUT2D eigenvalue weighted by atomic mass is 9.51. The molecule has 1 saturated carbocycles. The molecular formula is C24H26O. The Morgan fingerprint density at radius 1 is 1.08 bits per heavy atom. The zero-order valence-electron chi connectivity index (χ0n) is 14.9.